The maximum atomic E-state index is 12.4. The Kier molecular flexibility index (Phi) is 8.03. The Hall–Kier alpha value is -0.950. The largest absolute Gasteiger partial charge is 0.444 e. The fourth-order valence-corrected chi connectivity index (χ4v) is 2.69. The van der Waals surface area contributed by atoms with Gasteiger partial charge in [-0.2, -0.15) is 11.8 Å². The molecule has 0 aromatic carbocycles. The van der Waals surface area contributed by atoms with Crippen LogP contribution in [0.1, 0.15) is 40.0 Å². The van der Waals surface area contributed by atoms with Crippen LogP contribution >= 0.6 is 11.8 Å². The zero-order valence-corrected chi connectivity index (χ0v) is 14.8. The normalized spacial score (nSPS) is 17.6. The van der Waals surface area contributed by atoms with Gasteiger partial charge in [0.1, 0.15) is 11.6 Å². The third-order valence-electron chi connectivity index (χ3n) is 3.30. The van der Waals surface area contributed by atoms with Gasteiger partial charge in [-0.15, -0.1) is 0 Å². The fourth-order valence-electron chi connectivity index (χ4n) is 2.22. The minimum Gasteiger partial charge on any atom is -0.444 e. The molecule has 2 amide bonds. The van der Waals surface area contributed by atoms with E-state index < -0.39 is 17.7 Å². The number of thioether (sulfide) groups is 1. The molecule has 0 saturated carbocycles. The number of hydrogen-bond acceptors (Lipinski definition) is 5. The molecule has 0 aromatic heterocycles. The van der Waals surface area contributed by atoms with Crippen molar-refractivity contribution in [2.24, 2.45) is 0 Å². The third kappa shape index (κ3) is 7.89. The van der Waals surface area contributed by atoms with Crippen molar-refractivity contribution in [2.45, 2.75) is 57.7 Å². The number of alkyl carbamates (subject to hydrolysis) is 1. The molecule has 1 aliphatic heterocycles. The van der Waals surface area contributed by atoms with E-state index in [1.54, 1.807) is 32.5 Å². The van der Waals surface area contributed by atoms with Crippen LogP contribution in [0.25, 0.3) is 0 Å². The molecule has 7 heteroatoms. The summed E-state index contributed by atoms with van der Waals surface area (Å²) in [5.74, 6) is 0.687. The molecule has 3 N–H and O–H groups in total. The lowest BCUT2D eigenvalue weighted by Crippen LogP contribution is -2.52. The number of piperidine rings is 1. The summed E-state index contributed by atoms with van der Waals surface area (Å²) in [6, 6.07) is -0.358. The maximum absolute atomic E-state index is 12.4. The summed E-state index contributed by atoms with van der Waals surface area (Å²) in [6.45, 7) is 7.25. The topological polar surface area (TPSA) is 79.5 Å². The highest BCUT2D eigenvalue weighted by atomic mass is 32.2. The highest BCUT2D eigenvalue weighted by molar-refractivity contribution is 7.98. The van der Waals surface area contributed by atoms with Gasteiger partial charge in [0, 0.05) is 6.04 Å². The van der Waals surface area contributed by atoms with E-state index in [4.69, 9.17) is 4.74 Å². The highest BCUT2D eigenvalue weighted by Crippen LogP contribution is 2.09. The Balaban J connectivity index is 2.53. The van der Waals surface area contributed by atoms with Crippen molar-refractivity contribution in [3.63, 3.8) is 0 Å². The first-order valence-electron chi connectivity index (χ1n) is 7.81. The SMILES string of the molecule is CSCC[C@@H](NC(=O)OC(C)(C)C)C(=O)NC1CCNCC1. The first-order chi connectivity index (χ1) is 10.3. The predicted octanol–water partition coefficient (Wildman–Crippen LogP) is 1.50. The van der Waals surface area contributed by atoms with Crippen molar-refractivity contribution in [2.75, 3.05) is 25.1 Å². The summed E-state index contributed by atoms with van der Waals surface area (Å²) in [7, 11) is 0. The van der Waals surface area contributed by atoms with Crippen LogP contribution in [0.5, 0.6) is 0 Å². The summed E-state index contributed by atoms with van der Waals surface area (Å²) >= 11 is 1.65. The van der Waals surface area contributed by atoms with Crippen molar-refractivity contribution >= 4 is 23.8 Å². The van der Waals surface area contributed by atoms with E-state index in [1.807, 2.05) is 6.26 Å². The summed E-state index contributed by atoms with van der Waals surface area (Å²) in [4.78, 5) is 24.3. The van der Waals surface area contributed by atoms with Gasteiger partial charge in [-0.3, -0.25) is 4.79 Å². The molecule has 1 fully saturated rings. The first kappa shape index (κ1) is 19.1. The lowest BCUT2D eigenvalue weighted by molar-refractivity contribution is -0.124. The van der Waals surface area contributed by atoms with E-state index >= 15 is 0 Å². The van der Waals surface area contributed by atoms with Crippen LogP contribution in [0, 0.1) is 0 Å². The van der Waals surface area contributed by atoms with Crippen LogP contribution in [-0.4, -0.2) is 54.8 Å². The lowest BCUT2D eigenvalue weighted by Gasteiger charge is -2.27. The van der Waals surface area contributed by atoms with Gasteiger partial charge < -0.3 is 20.7 Å². The molecule has 0 radical (unpaired) electrons. The third-order valence-corrected chi connectivity index (χ3v) is 3.95. The molecule has 1 atom stereocenters. The van der Waals surface area contributed by atoms with E-state index in [0.717, 1.165) is 31.7 Å². The molecule has 1 saturated heterocycles. The maximum Gasteiger partial charge on any atom is 0.408 e. The molecule has 1 rings (SSSR count). The van der Waals surface area contributed by atoms with Crippen LogP contribution < -0.4 is 16.0 Å². The second-order valence-corrected chi connectivity index (χ2v) is 7.50. The molecule has 0 spiro atoms. The minimum atomic E-state index is -0.570. The zero-order valence-electron chi connectivity index (χ0n) is 14.0. The Bertz CT molecular complexity index is 366. The number of rotatable bonds is 6. The summed E-state index contributed by atoms with van der Waals surface area (Å²) in [5, 5.41) is 9.00. The second kappa shape index (κ2) is 9.25. The van der Waals surface area contributed by atoms with Gasteiger partial charge in [0.2, 0.25) is 5.91 Å². The van der Waals surface area contributed by atoms with Gasteiger partial charge in [-0.25, -0.2) is 4.79 Å². The average molecular weight is 331 g/mol. The fraction of sp³-hybridized carbons (Fsp3) is 0.867. The molecule has 6 nitrogen and oxygen atoms in total. The average Bonchev–Trinajstić information content (AvgIpc) is 2.42. The number of carbonyl (C=O) groups excluding carboxylic acids is 2. The van der Waals surface area contributed by atoms with Crippen molar-refractivity contribution in [3.8, 4) is 0 Å². The Labute approximate surface area is 137 Å². The van der Waals surface area contributed by atoms with E-state index in [2.05, 4.69) is 16.0 Å². The summed E-state index contributed by atoms with van der Waals surface area (Å²) in [5.41, 5.74) is -0.570. The van der Waals surface area contributed by atoms with Gasteiger partial charge in [0.15, 0.2) is 0 Å². The molecule has 0 unspecified atom stereocenters. The first-order valence-corrected chi connectivity index (χ1v) is 9.21. The van der Waals surface area contributed by atoms with E-state index in [1.165, 1.54) is 0 Å². The molecule has 0 aromatic rings. The highest BCUT2D eigenvalue weighted by Gasteiger charge is 2.26. The van der Waals surface area contributed by atoms with Gasteiger partial charge in [0.25, 0.3) is 0 Å². The molecule has 22 heavy (non-hydrogen) atoms. The van der Waals surface area contributed by atoms with Crippen LogP contribution in [0.15, 0.2) is 0 Å². The van der Waals surface area contributed by atoms with Crippen LogP contribution in [0.2, 0.25) is 0 Å². The van der Waals surface area contributed by atoms with Crippen molar-refractivity contribution in [3.05, 3.63) is 0 Å². The van der Waals surface area contributed by atoms with Crippen molar-refractivity contribution in [1.82, 2.24) is 16.0 Å². The smallest absolute Gasteiger partial charge is 0.408 e. The number of nitrogens with one attached hydrogen (secondary N) is 3. The Morgan fingerprint density at radius 1 is 1.32 bits per heavy atom. The van der Waals surface area contributed by atoms with Gasteiger partial charge in [0.05, 0.1) is 0 Å². The molecular weight excluding hydrogens is 302 g/mol. The number of ether oxygens (including phenoxy) is 1. The minimum absolute atomic E-state index is 0.119. The predicted molar refractivity (Wildman–Crippen MR) is 90.2 cm³/mol. The molecule has 1 aliphatic rings. The van der Waals surface area contributed by atoms with Crippen molar-refractivity contribution < 1.29 is 14.3 Å². The van der Waals surface area contributed by atoms with Crippen LogP contribution in [0.3, 0.4) is 0 Å². The van der Waals surface area contributed by atoms with E-state index in [0.29, 0.717) is 6.42 Å². The number of hydrogen-bond donors (Lipinski definition) is 3. The zero-order chi connectivity index (χ0) is 16.6. The number of amides is 2. The van der Waals surface area contributed by atoms with E-state index in [9.17, 15) is 9.59 Å². The van der Waals surface area contributed by atoms with Gasteiger partial charge in [-0.05, 0) is 65.1 Å². The Morgan fingerprint density at radius 2 is 1.95 bits per heavy atom. The molecule has 0 bridgehead atoms. The van der Waals surface area contributed by atoms with Gasteiger partial charge in [-0.1, -0.05) is 0 Å². The molecule has 1 heterocycles. The molecule has 0 aliphatic carbocycles. The standard InChI is InChI=1S/C15H29N3O3S/c1-15(2,3)21-14(20)18-12(7-10-22-4)13(19)17-11-5-8-16-9-6-11/h11-12,16H,5-10H2,1-4H3,(H,17,19)(H,18,20)/t12-/m1/s1. The molecular formula is C15H29N3O3S. The van der Waals surface area contributed by atoms with Gasteiger partial charge >= 0.3 is 6.09 Å². The lowest BCUT2D eigenvalue weighted by atomic mass is 10.1. The Morgan fingerprint density at radius 3 is 2.50 bits per heavy atom. The second-order valence-electron chi connectivity index (χ2n) is 6.51. The van der Waals surface area contributed by atoms with Crippen LogP contribution in [-0.2, 0) is 9.53 Å². The summed E-state index contributed by atoms with van der Waals surface area (Å²) < 4.78 is 5.24. The number of carbonyl (C=O) groups is 2. The van der Waals surface area contributed by atoms with E-state index in [-0.39, 0.29) is 11.9 Å². The van der Waals surface area contributed by atoms with Crippen LogP contribution in [0.4, 0.5) is 4.79 Å². The summed E-state index contributed by atoms with van der Waals surface area (Å²) in [6.07, 6.45) is 3.88. The monoisotopic (exact) mass is 331 g/mol. The molecule has 128 valence electrons. The quantitative estimate of drug-likeness (QED) is 0.687. The van der Waals surface area contributed by atoms with Crippen molar-refractivity contribution in [1.29, 1.82) is 0 Å².